The number of aryl methyl sites for hydroxylation is 1. The van der Waals surface area contributed by atoms with Gasteiger partial charge in [0.1, 0.15) is 18.0 Å². The molecule has 0 bridgehead atoms. The first-order chi connectivity index (χ1) is 12.0. The average Bonchev–Trinajstić information content (AvgIpc) is 2.59. The van der Waals surface area contributed by atoms with Gasteiger partial charge in [0, 0.05) is 11.8 Å². The first-order valence-corrected chi connectivity index (χ1v) is 8.28. The number of esters is 1. The van der Waals surface area contributed by atoms with Crippen LogP contribution in [-0.4, -0.2) is 22.5 Å². The minimum absolute atomic E-state index is 0.135. The van der Waals surface area contributed by atoms with E-state index in [4.69, 9.17) is 4.74 Å². The molecule has 0 saturated carbocycles. The van der Waals surface area contributed by atoms with Crippen molar-refractivity contribution in [1.82, 2.24) is 9.38 Å². The van der Waals surface area contributed by atoms with E-state index in [0.717, 1.165) is 5.69 Å². The highest BCUT2D eigenvalue weighted by Gasteiger charge is 2.10. The van der Waals surface area contributed by atoms with Crippen LogP contribution in [0.5, 0.6) is 5.75 Å². The van der Waals surface area contributed by atoms with Gasteiger partial charge in [-0.05, 0) is 53.2 Å². The first-order valence-electron chi connectivity index (χ1n) is 7.48. The van der Waals surface area contributed by atoms with Gasteiger partial charge in [-0.25, -0.2) is 9.78 Å². The second kappa shape index (κ2) is 7.06. The van der Waals surface area contributed by atoms with Crippen LogP contribution in [0.4, 0.5) is 0 Å². The second-order valence-electron chi connectivity index (χ2n) is 5.37. The van der Waals surface area contributed by atoms with E-state index in [1.165, 1.54) is 13.2 Å². The Labute approximate surface area is 152 Å². The number of rotatable bonds is 4. The number of carbonyl (C=O) groups excluding carboxylic acids is 1. The molecule has 0 spiro atoms. The van der Waals surface area contributed by atoms with Crippen molar-refractivity contribution in [3.8, 4) is 5.75 Å². The van der Waals surface area contributed by atoms with Gasteiger partial charge in [-0.15, -0.1) is 0 Å². The molecule has 1 aromatic carbocycles. The lowest BCUT2D eigenvalue weighted by atomic mass is 10.2. The minimum atomic E-state index is -0.424. The Bertz CT molecular complexity index is 1010. The molecule has 0 saturated heterocycles. The van der Waals surface area contributed by atoms with Gasteiger partial charge in [0.25, 0.3) is 5.56 Å². The molecule has 0 atom stereocenters. The lowest BCUT2D eigenvalue weighted by molar-refractivity contribution is 0.0600. The number of aromatic nitrogens is 2. The zero-order valence-corrected chi connectivity index (χ0v) is 15.2. The molecule has 0 aliphatic rings. The summed E-state index contributed by atoms with van der Waals surface area (Å²) < 4.78 is 12.6. The number of carbonyl (C=O) groups is 1. The summed E-state index contributed by atoms with van der Waals surface area (Å²) >= 11 is 3.36. The Kier molecular flexibility index (Phi) is 4.85. The molecule has 6 nitrogen and oxygen atoms in total. The van der Waals surface area contributed by atoms with Crippen LogP contribution in [0.2, 0.25) is 0 Å². The summed E-state index contributed by atoms with van der Waals surface area (Å²) in [6, 6.07) is 11.8. The van der Waals surface area contributed by atoms with Gasteiger partial charge >= 0.3 is 5.97 Å². The fourth-order valence-electron chi connectivity index (χ4n) is 2.45. The van der Waals surface area contributed by atoms with Crippen LogP contribution in [0.25, 0.3) is 5.65 Å². The lowest BCUT2D eigenvalue weighted by Gasteiger charge is -2.10. The highest BCUT2D eigenvalue weighted by molar-refractivity contribution is 9.10. The Morgan fingerprint density at radius 2 is 2.04 bits per heavy atom. The molecule has 3 aromatic rings. The minimum Gasteiger partial charge on any atom is -0.486 e. The lowest BCUT2D eigenvalue weighted by Crippen LogP contribution is -2.18. The van der Waals surface area contributed by atoms with Crippen LogP contribution in [0.15, 0.2) is 51.7 Å². The Morgan fingerprint density at radius 3 is 2.76 bits per heavy atom. The van der Waals surface area contributed by atoms with Crippen LogP contribution in [0.1, 0.15) is 21.7 Å². The summed E-state index contributed by atoms with van der Waals surface area (Å²) in [5, 5.41) is 0. The third kappa shape index (κ3) is 3.56. The molecule has 25 heavy (non-hydrogen) atoms. The summed E-state index contributed by atoms with van der Waals surface area (Å²) in [5.41, 5.74) is 2.19. The van der Waals surface area contributed by atoms with Gasteiger partial charge in [-0.3, -0.25) is 9.20 Å². The van der Waals surface area contributed by atoms with Crippen LogP contribution < -0.4 is 10.3 Å². The molecule has 0 aliphatic heterocycles. The van der Waals surface area contributed by atoms with E-state index in [-0.39, 0.29) is 12.2 Å². The monoisotopic (exact) mass is 402 g/mol. The largest absolute Gasteiger partial charge is 0.486 e. The van der Waals surface area contributed by atoms with Gasteiger partial charge in [-0.1, -0.05) is 6.07 Å². The first kappa shape index (κ1) is 17.2. The van der Waals surface area contributed by atoms with Crippen LogP contribution in [-0.2, 0) is 11.3 Å². The van der Waals surface area contributed by atoms with Crippen molar-refractivity contribution >= 4 is 27.5 Å². The van der Waals surface area contributed by atoms with Crippen LogP contribution in [0.3, 0.4) is 0 Å². The number of benzene rings is 1. The maximum Gasteiger partial charge on any atom is 0.337 e. The molecule has 0 amide bonds. The molecule has 2 heterocycles. The SMILES string of the molecule is COC(=O)c1ccc(OCc2cc(=O)n3c(C)cccc3n2)c(Br)c1. The molecule has 0 N–H and O–H groups in total. The van der Waals surface area contributed by atoms with Gasteiger partial charge in [-0.2, -0.15) is 0 Å². The number of hydrogen-bond donors (Lipinski definition) is 0. The Hall–Kier alpha value is -2.67. The topological polar surface area (TPSA) is 69.9 Å². The normalized spacial score (nSPS) is 10.7. The smallest absolute Gasteiger partial charge is 0.337 e. The third-order valence-electron chi connectivity index (χ3n) is 3.66. The van der Waals surface area contributed by atoms with E-state index in [1.807, 2.05) is 19.1 Å². The molecular formula is C18H15BrN2O4. The van der Waals surface area contributed by atoms with E-state index in [0.29, 0.717) is 27.1 Å². The highest BCUT2D eigenvalue weighted by atomic mass is 79.9. The molecule has 7 heteroatoms. The van der Waals surface area contributed by atoms with Crippen molar-refractivity contribution in [3.05, 3.63) is 74.2 Å². The van der Waals surface area contributed by atoms with E-state index in [9.17, 15) is 9.59 Å². The van der Waals surface area contributed by atoms with Crippen molar-refractivity contribution in [3.63, 3.8) is 0 Å². The van der Waals surface area contributed by atoms with Crippen LogP contribution in [0, 0.1) is 6.92 Å². The van der Waals surface area contributed by atoms with Gasteiger partial charge in [0.15, 0.2) is 0 Å². The zero-order chi connectivity index (χ0) is 18.0. The van der Waals surface area contributed by atoms with Gasteiger partial charge < -0.3 is 9.47 Å². The van der Waals surface area contributed by atoms with E-state index in [2.05, 4.69) is 25.7 Å². The van der Waals surface area contributed by atoms with Crippen molar-refractivity contribution in [2.45, 2.75) is 13.5 Å². The number of hydrogen-bond acceptors (Lipinski definition) is 5. The fourth-order valence-corrected chi connectivity index (χ4v) is 2.95. The van der Waals surface area contributed by atoms with E-state index in [1.54, 1.807) is 28.7 Å². The number of nitrogens with zero attached hydrogens (tertiary/aromatic N) is 2. The van der Waals surface area contributed by atoms with E-state index >= 15 is 0 Å². The summed E-state index contributed by atoms with van der Waals surface area (Å²) in [6.07, 6.45) is 0. The standard InChI is InChI=1S/C18H15BrN2O4/c1-11-4-3-5-16-20-13(9-17(22)21(11)16)10-25-15-7-6-12(8-14(15)19)18(23)24-2/h3-9H,10H2,1-2H3. The summed E-state index contributed by atoms with van der Waals surface area (Å²) in [7, 11) is 1.33. The highest BCUT2D eigenvalue weighted by Crippen LogP contribution is 2.27. The molecule has 0 radical (unpaired) electrons. The molecule has 2 aromatic heterocycles. The quantitative estimate of drug-likeness (QED) is 0.626. The molecule has 128 valence electrons. The number of fused-ring (bicyclic) bond motifs is 1. The average molecular weight is 403 g/mol. The summed E-state index contributed by atoms with van der Waals surface area (Å²) in [5.74, 6) is 0.116. The van der Waals surface area contributed by atoms with Crippen molar-refractivity contribution in [1.29, 1.82) is 0 Å². The summed E-state index contributed by atoms with van der Waals surface area (Å²) in [4.78, 5) is 28.2. The zero-order valence-electron chi connectivity index (χ0n) is 13.7. The Balaban J connectivity index is 1.83. The number of pyridine rings is 1. The van der Waals surface area contributed by atoms with Gasteiger partial charge in [0.05, 0.1) is 22.8 Å². The van der Waals surface area contributed by atoms with Crippen LogP contribution >= 0.6 is 15.9 Å². The molecule has 0 aliphatic carbocycles. The predicted molar refractivity (Wildman–Crippen MR) is 96.0 cm³/mol. The maximum absolute atomic E-state index is 12.3. The number of methoxy groups -OCH3 is 1. The Morgan fingerprint density at radius 1 is 1.24 bits per heavy atom. The molecular weight excluding hydrogens is 388 g/mol. The molecule has 3 rings (SSSR count). The second-order valence-corrected chi connectivity index (χ2v) is 6.23. The summed E-state index contributed by atoms with van der Waals surface area (Å²) in [6.45, 7) is 1.99. The molecule has 0 fully saturated rings. The fraction of sp³-hybridized carbons (Fsp3) is 0.167. The van der Waals surface area contributed by atoms with Crippen molar-refractivity contribution in [2.75, 3.05) is 7.11 Å². The molecule has 0 unspecified atom stereocenters. The van der Waals surface area contributed by atoms with Crippen molar-refractivity contribution < 1.29 is 14.3 Å². The van der Waals surface area contributed by atoms with Gasteiger partial charge in [0.2, 0.25) is 0 Å². The maximum atomic E-state index is 12.3. The predicted octanol–water partition coefficient (Wildman–Crippen LogP) is 3.13. The number of ether oxygens (including phenoxy) is 2. The van der Waals surface area contributed by atoms with Crippen molar-refractivity contribution in [2.24, 2.45) is 0 Å². The van der Waals surface area contributed by atoms with E-state index < -0.39 is 5.97 Å². The number of halogens is 1. The third-order valence-corrected chi connectivity index (χ3v) is 4.28.